The number of hydrogen-bond donors (Lipinski definition) is 3. The average Bonchev–Trinajstić information content (AvgIpc) is 1.65. The number of rotatable bonds is 1. The van der Waals surface area contributed by atoms with E-state index in [4.69, 9.17) is 24.9 Å². The van der Waals surface area contributed by atoms with E-state index in [9.17, 15) is 0 Å². The van der Waals surface area contributed by atoms with Gasteiger partial charge in [0.25, 0.3) is 0 Å². The number of aliphatic hydroxyl groups is 1. The molecular formula is C2H8NNaO4Si. The van der Waals surface area contributed by atoms with Crippen molar-refractivity contribution >= 4 is 9.17 Å². The molecule has 5 nitrogen and oxygen atoms in total. The molecule has 7 heteroatoms. The SMILES string of the molecule is NCCO.O=[Si]([O-])O.[Na+]. The van der Waals surface area contributed by atoms with Gasteiger partial charge < -0.3 is 24.9 Å². The van der Waals surface area contributed by atoms with Crippen molar-refractivity contribution in [3.8, 4) is 0 Å². The minimum atomic E-state index is -3.38. The molecule has 0 unspecified atom stereocenters. The van der Waals surface area contributed by atoms with Crippen molar-refractivity contribution in [3.63, 3.8) is 0 Å². The molecule has 50 valence electrons. The Bertz CT molecular complexity index is 56.5. The zero-order valence-corrected chi connectivity index (χ0v) is 8.20. The predicted octanol–water partition coefficient (Wildman–Crippen LogP) is -6.30. The van der Waals surface area contributed by atoms with Crippen LogP contribution in [0.15, 0.2) is 0 Å². The van der Waals surface area contributed by atoms with Gasteiger partial charge in [-0.15, -0.1) is 0 Å². The van der Waals surface area contributed by atoms with Crippen LogP contribution in [0.2, 0.25) is 0 Å². The zero-order chi connectivity index (χ0) is 6.99. The first-order valence-electron chi connectivity index (χ1n) is 1.86. The van der Waals surface area contributed by atoms with Gasteiger partial charge in [0.1, 0.15) is 0 Å². The second-order valence-corrected chi connectivity index (χ2v) is 1.31. The summed E-state index contributed by atoms with van der Waals surface area (Å²) in [4.78, 5) is 15.7. The monoisotopic (exact) mass is 161 g/mol. The van der Waals surface area contributed by atoms with Crippen LogP contribution in [0, 0.1) is 0 Å². The molecule has 0 atom stereocenters. The Kier molecular flexibility index (Phi) is 28.6. The van der Waals surface area contributed by atoms with E-state index in [1.54, 1.807) is 0 Å². The molecule has 0 bridgehead atoms. The molecule has 0 radical (unpaired) electrons. The summed E-state index contributed by atoms with van der Waals surface area (Å²) in [7, 11) is -3.38. The molecule has 0 aromatic rings. The molecule has 0 aromatic heterocycles. The zero-order valence-electron chi connectivity index (χ0n) is 5.20. The van der Waals surface area contributed by atoms with Crippen molar-refractivity contribution in [2.75, 3.05) is 13.2 Å². The van der Waals surface area contributed by atoms with Gasteiger partial charge >= 0.3 is 38.7 Å². The van der Waals surface area contributed by atoms with Crippen LogP contribution < -0.4 is 40.1 Å². The Balaban J connectivity index is -0.0000000720. The molecule has 0 rings (SSSR count). The van der Waals surface area contributed by atoms with Gasteiger partial charge in [-0.3, -0.25) is 0 Å². The maximum atomic E-state index is 8.63. The van der Waals surface area contributed by atoms with Crippen LogP contribution >= 0.6 is 0 Å². The molecule has 0 saturated heterocycles. The average molecular weight is 161 g/mol. The first kappa shape index (κ1) is 16.3. The van der Waals surface area contributed by atoms with Crippen LogP contribution in [0.5, 0.6) is 0 Å². The number of aliphatic hydroxyl groups excluding tert-OH is 1. The van der Waals surface area contributed by atoms with Gasteiger partial charge in [-0.2, -0.15) is 0 Å². The van der Waals surface area contributed by atoms with Gasteiger partial charge in [-0.25, -0.2) is 0 Å². The first-order chi connectivity index (χ1) is 3.65. The first-order valence-corrected chi connectivity index (χ1v) is 3.12. The summed E-state index contributed by atoms with van der Waals surface area (Å²) in [6, 6.07) is 0. The molecular weight excluding hydrogens is 153 g/mol. The van der Waals surface area contributed by atoms with Crippen molar-refractivity contribution < 1.29 is 48.7 Å². The maximum absolute atomic E-state index is 8.63. The van der Waals surface area contributed by atoms with Gasteiger partial charge in [-0.05, 0) is 0 Å². The summed E-state index contributed by atoms with van der Waals surface area (Å²) >= 11 is 0. The maximum Gasteiger partial charge on any atom is 1.00 e. The Morgan fingerprint density at radius 3 is 1.78 bits per heavy atom. The van der Waals surface area contributed by atoms with E-state index in [0.29, 0.717) is 6.54 Å². The summed E-state index contributed by atoms with van der Waals surface area (Å²) in [6.45, 7) is 0.472. The standard InChI is InChI=1S/C2H7NO.Na.HO3Si/c3-1-2-4;;1-4(2)3/h4H,1-3H2;;1H/q;+1;-1. The Hall–Kier alpha value is 0.537. The van der Waals surface area contributed by atoms with Crippen molar-refractivity contribution in [2.45, 2.75) is 0 Å². The molecule has 0 aromatic carbocycles. The third kappa shape index (κ3) is 154. The van der Waals surface area contributed by atoms with Crippen molar-refractivity contribution in [1.29, 1.82) is 0 Å². The minimum Gasteiger partial charge on any atom is -0.604 e. The van der Waals surface area contributed by atoms with Gasteiger partial charge in [0, 0.05) is 6.54 Å². The largest absolute Gasteiger partial charge is 1.00 e. The molecule has 0 saturated carbocycles. The summed E-state index contributed by atoms with van der Waals surface area (Å²) in [5, 5.41) is 7.75. The van der Waals surface area contributed by atoms with E-state index < -0.39 is 9.17 Å². The third-order valence-corrected chi connectivity index (χ3v) is 0.129. The topological polar surface area (TPSA) is 107 Å². The van der Waals surface area contributed by atoms with Crippen molar-refractivity contribution in [2.24, 2.45) is 5.73 Å². The van der Waals surface area contributed by atoms with E-state index in [2.05, 4.69) is 0 Å². The molecule has 0 heterocycles. The van der Waals surface area contributed by atoms with Crippen LogP contribution in [0.1, 0.15) is 0 Å². The summed E-state index contributed by atoms with van der Waals surface area (Å²) in [5.41, 5.74) is 4.78. The fourth-order valence-corrected chi connectivity index (χ4v) is 0. The summed E-state index contributed by atoms with van der Waals surface area (Å²) in [5.74, 6) is 0. The summed E-state index contributed by atoms with van der Waals surface area (Å²) < 4.78 is 8.63. The van der Waals surface area contributed by atoms with Crippen LogP contribution in [-0.2, 0) is 4.46 Å². The second kappa shape index (κ2) is 15.8. The van der Waals surface area contributed by atoms with Crippen LogP contribution in [0.25, 0.3) is 0 Å². The van der Waals surface area contributed by atoms with Gasteiger partial charge in [0.2, 0.25) is 0 Å². The Morgan fingerprint density at radius 2 is 1.78 bits per heavy atom. The normalized spacial score (nSPS) is 6.00. The van der Waals surface area contributed by atoms with E-state index in [-0.39, 0.29) is 36.2 Å². The fraction of sp³-hybridized carbons (Fsp3) is 1.00. The second-order valence-electron chi connectivity index (χ2n) is 0.778. The van der Waals surface area contributed by atoms with E-state index in [0.717, 1.165) is 0 Å². The third-order valence-electron chi connectivity index (χ3n) is 0.129. The Morgan fingerprint density at radius 1 is 1.67 bits per heavy atom. The van der Waals surface area contributed by atoms with E-state index >= 15 is 0 Å². The van der Waals surface area contributed by atoms with Gasteiger partial charge in [0.15, 0.2) is 0 Å². The molecule has 4 N–H and O–H groups in total. The predicted molar refractivity (Wildman–Crippen MR) is 24.8 cm³/mol. The van der Waals surface area contributed by atoms with Crippen molar-refractivity contribution in [3.05, 3.63) is 0 Å². The smallest absolute Gasteiger partial charge is 0.604 e. The number of nitrogens with two attached hydrogens (primary N) is 1. The van der Waals surface area contributed by atoms with Gasteiger partial charge in [-0.1, -0.05) is 0 Å². The molecule has 0 amide bonds. The van der Waals surface area contributed by atoms with Crippen LogP contribution in [0.4, 0.5) is 0 Å². The minimum absolute atomic E-state index is 0. The molecule has 0 aliphatic rings. The Labute approximate surface area is 76.7 Å². The van der Waals surface area contributed by atoms with E-state index in [1.807, 2.05) is 0 Å². The van der Waals surface area contributed by atoms with Crippen molar-refractivity contribution in [1.82, 2.24) is 0 Å². The molecule has 0 spiro atoms. The molecule has 0 fully saturated rings. The quantitative estimate of drug-likeness (QED) is 0.332. The van der Waals surface area contributed by atoms with Crippen LogP contribution in [-0.4, -0.2) is 32.2 Å². The summed E-state index contributed by atoms with van der Waals surface area (Å²) in [6.07, 6.45) is 0. The fourth-order valence-electron chi connectivity index (χ4n) is 0. The number of hydrogen-bond acceptors (Lipinski definition) is 4. The molecule has 0 aliphatic heterocycles. The van der Waals surface area contributed by atoms with Gasteiger partial charge in [0.05, 0.1) is 6.61 Å². The molecule has 0 aliphatic carbocycles. The van der Waals surface area contributed by atoms with E-state index in [1.165, 1.54) is 0 Å². The molecule has 9 heavy (non-hydrogen) atoms. The van der Waals surface area contributed by atoms with Crippen LogP contribution in [0.3, 0.4) is 0 Å².